The van der Waals surface area contributed by atoms with Gasteiger partial charge in [0.2, 0.25) is 5.91 Å². The number of hydrogen-bond donors (Lipinski definition) is 4. The van der Waals surface area contributed by atoms with Crippen molar-refractivity contribution in [2.75, 3.05) is 30.7 Å². The number of H-pyrrole nitrogens is 1. The van der Waals surface area contributed by atoms with Crippen molar-refractivity contribution < 1.29 is 14.7 Å². The summed E-state index contributed by atoms with van der Waals surface area (Å²) < 4.78 is -0.321. The Balaban J connectivity index is 1.54. The molecule has 0 bridgehead atoms. The topological polar surface area (TPSA) is 110 Å². The number of aliphatic hydroxyl groups excluding tert-OH is 1. The first kappa shape index (κ1) is 25.1. The van der Waals surface area contributed by atoms with E-state index in [0.717, 1.165) is 36.1 Å². The SMILES string of the molecule is CC1(C)c2[nH]nc(NC(=O)C3(S(C)(C)C)CCC3)c2CN1C(=O)NC(C#CCO)c1ccccc1. The van der Waals surface area contributed by atoms with Gasteiger partial charge < -0.3 is 20.6 Å². The van der Waals surface area contributed by atoms with Crippen molar-refractivity contribution in [3.8, 4) is 11.8 Å². The molecule has 1 unspecified atom stereocenters. The molecule has 1 aliphatic carbocycles. The van der Waals surface area contributed by atoms with E-state index in [9.17, 15) is 14.7 Å². The maximum Gasteiger partial charge on any atom is 0.319 e. The minimum atomic E-state index is -1.09. The van der Waals surface area contributed by atoms with Gasteiger partial charge in [0, 0.05) is 5.56 Å². The Kier molecular flexibility index (Phi) is 6.64. The molecule has 9 heteroatoms. The van der Waals surface area contributed by atoms with E-state index in [-0.39, 0.29) is 23.3 Å². The second kappa shape index (κ2) is 9.25. The number of fused-ring (bicyclic) bond motifs is 1. The first-order chi connectivity index (χ1) is 16.5. The van der Waals surface area contributed by atoms with Crippen LogP contribution in [-0.2, 0) is 16.9 Å². The number of amides is 3. The van der Waals surface area contributed by atoms with Crippen LogP contribution in [-0.4, -0.2) is 62.3 Å². The van der Waals surface area contributed by atoms with Crippen LogP contribution in [0.1, 0.15) is 56.0 Å². The van der Waals surface area contributed by atoms with Crippen LogP contribution in [0.3, 0.4) is 0 Å². The zero-order chi connectivity index (χ0) is 25.4. The van der Waals surface area contributed by atoms with E-state index in [2.05, 4.69) is 51.4 Å². The van der Waals surface area contributed by atoms with Gasteiger partial charge in [-0.3, -0.25) is 9.89 Å². The Morgan fingerprint density at radius 3 is 2.49 bits per heavy atom. The molecule has 35 heavy (non-hydrogen) atoms. The number of benzene rings is 1. The average Bonchev–Trinajstić information content (AvgIpc) is 3.27. The van der Waals surface area contributed by atoms with Crippen LogP contribution in [0.2, 0.25) is 0 Å². The van der Waals surface area contributed by atoms with Crippen molar-refractivity contribution in [1.82, 2.24) is 20.4 Å². The zero-order valence-electron chi connectivity index (χ0n) is 21.1. The van der Waals surface area contributed by atoms with E-state index >= 15 is 0 Å². The smallest absolute Gasteiger partial charge is 0.319 e. The summed E-state index contributed by atoms with van der Waals surface area (Å²) in [5.74, 6) is 6.12. The van der Waals surface area contributed by atoms with Crippen molar-refractivity contribution in [3.63, 3.8) is 0 Å². The summed E-state index contributed by atoms with van der Waals surface area (Å²) in [6, 6.07) is 8.60. The molecular formula is C26H35N5O3S. The summed E-state index contributed by atoms with van der Waals surface area (Å²) in [5.41, 5.74) is 1.81. The maximum absolute atomic E-state index is 13.4. The van der Waals surface area contributed by atoms with Gasteiger partial charge in [0.15, 0.2) is 5.82 Å². The number of rotatable bonds is 5. The average molecular weight is 498 g/mol. The molecule has 1 fully saturated rings. The maximum atomic E-state index is 13.4. The van der Waals surface area contributed by atoms with Gasteiger partial charge in [-0.1, -0.05) is 42.2 Å². The monoisotopic (exact) mass is 497 g/mol. The van der Waals surface area contributed by atoms with Crippen LogP contribution in [0.15, 0.2) is 30.3 Å². The van der Waals surface area contributed by atoms with Gasteiger partial charge in [-0.2, -0.15) is 5.10 Å². The first-order valence-corrected chi connectivity index (χ1v) is 14.7. The molecule has 0 saturated heterocycles. The van der Waals surface area contributed by atoms with E-state index in [0.29, 0.717) is 12.4 Å². The van der Waals surface area contributed by atoms with E-state index in [1.54, 1.807) is 4.90 Å². The zero-order valence-corrected chi connectivity index (χ0v) is 21.9. The predicted molar refractivity (Wildman–Crippen MR) is 140 cm³/mol. The third-order valence-electron chi connectivity index (χ3n) is 7.42. The number of aromatic nitrogens is 2. The van der Waals surface area contributed by atoms with Gasteiger partial charge >= 0.3 is 6.03 Å². The number of carbonyl (C=O) groups is 2. The summed E-state index contributed by atoms with van der Waals surface area (Å²) in [5, 5.41) is 22.7. The lowest BCUT2D eigenvalue weighted by Gasteiger charge is -2.53. The van der Waals surface area contributed by atoms with E-state index < -0.39 is 21.6 Å². The van der Waals surface area contributed by atoms with Gasteiger partial charge in [0.1, 0.15) is 12.6 Å². The molecule has 1 aromatic heterocycles. The highest BCUT2D eigenvalue weighted by molar-refractivity contribution is 8.33. The third kappa shape index (κ3) is 4.41. The molecule has 1 atom stereocenters. The summed E-state index contributed by atoms with van der Waals surface area (Å²) in [7, 11) is -1.09. The minimum Gasteiger partial charge on any atom is -0.384 e. The number of anilines is 1. The predicted octanol–water partition coefficient (Wildman–Crippen LogP) is 3.46. The fraction of sp³-hybridized carbons (Fsp3) is 0.500. The van der Waals surface area contributed by atoms with Crippen LogP contribution in [0, 0.1) is 11.8 Å². The molecule has 4 N–H and O–H groups in total. The number of aliphatic hydroxyl groups is 1. The summed E-state index contributed by atoms with van der Waals surface area (Å²) in [4.78, 5) is 28.5. The largest absolute Gasteiger partial charge is 0.384 e. The lowest BCUT2D eigenvalue weighted by Crippen LogP contribution is -2.51. The summed E-state index contributed by atoms with van der Waals surface area (Å²) in [6.07, 6.45) is 9.45. The molecule has 8 nitrogen and oxygen atoms in total. The lowest BCUT2D eigenvalue weighted by atomic mass is 9.83. The van der Waals surface area contributed by atoms with Gasteiger partial charge in [-0.25, -0.2) is 14.8 Å². The number of hydrogen-bond acceptors (Lipinski definition) is 4. The van der Waals surface area contributed by atoms with Crippen LogP contribution in [0.4, 0.5) is 10.6 Å². The molecule has 4 rings (SSSR count). The van der Waals surface area contributed by atoms with Gasteiger partial charge in [0.25, 0.3) is 0 Å². The number of aromatic amines is 1. The molecule has 1 saturated carbocycles. The second-order valence-electron chi connectivity index (χ2n) is 10.5. The van der Waals surface area contributed by atoms with Crippen LogP contribution in [0.25, 0.3) is 0 Å². The van der Waals surface area contributed by atoms with Crippen LogP contribution >= 0.6 is 10.0 Å². The van der Waals surface area contributed by atoms with Crippen molar-refractivity contribution in [1.29, 1.82) is 0 Å². The highest BCUT2D eigenvalue weighted by Crippen LogP contribution is 2.60. The minimum absolute atomic E-state index is 0.0321. The van der Waals surface area contributed by atoms with Gasteiger partial charge in [0.05, 0.1) is 22.5 Å². The quantitative estimate of drug-likeness (QED) is 0.474. The number of nitrogens with one attached hydrogen (secondary N) is 3. The molecule has 2 aliphatic rings. The molecule has 0 spiro atoms. The molecule has 1 aromatic carbocycles. The molecule has 0 radical (unpaired) electrons. The Hall–Kier alpha value is -2.96. The summed E-state index contributed by atoms with van der Waals surface area (Å²) >= 11 is 0. The van der Waals surface area contributed by atoms with Gasteiger partial charge in [-0.15, -0.1) is 0 Å². The molecular weight excluding hydrogens is 462 g/mol. The number of urea groups is 1. The first-order valence-electron chi connectivity index (χ1n) is 11.8. The second-order valence-corrected chi connectivity index (χ2v) is 14.9. The highest BCUT2D eigenvalue weighted by atomic mass is 32.3. The normalized spacial score (nSPS) is 19.0. The molecule has 1 aliphatic heterocycles. The van der Waals surface area contributed by atoms with Gasteiger partial charge in [-0.05, 0) is 57.4 Å². The van der Waals surface area contributed by atoms with Crippen LogP contribution < -0.4 is 10.6 Å². The van der Waals surface area contributed by atoms with Crippen molar-refractivity contribution in [2.24, 2.45) is 0 Å². The molecule has 3 amide bonds. The van der Waals surface area contributed by atoms with Crippen molar-refractivity contribution in [2.45, 2.75) is 56.0 Å². The lowest BCUT2D eigenvalue weighted by molar-refractivity contribution is -0.120. The Morgan fingerprint density at radius 2 is 1.91 bits per heavy atom. The molecule has 2 heterocycles. The number of nitrogens with zero attached hydrogens (tertiary/aromatic N) is 2. The summed E-state index contributed by atoms with van der Waals surface area (Å²) in [6.45, 7) is 3.92. The molecule has 188 valence electrons. The van der Waals surface area contributed by atoms with Crippen molar-refractivity contribution in [3.05, 3.63) is 47.2 Å². The highest BCUT2D eigenvalue weighted by Gasteiger charge is 2.51. The Bertz CT molecular complexity index is 1170. The molecule has 2 aromatic rings. The van der Waals surface area contributed by atoms with E-state index in [1.807, 2.05) is 44.2 Å². The van der Waals surface area contributed by atoms with Crippen LogP contribution in [0.5, 0.6) is 0 Å². The standard InChI is InChI=1S/C26H35N5O3S/c1-25(2)21-19(22(30-29-21)28-23(33)26(14-10-15-26)35(3,4)5)17-31(25)24(34)27-20(13-9-16-32)18-11-7-6-8-12-18/h6-8,11-12,20,32H,10,14-17H2,1-5H3,(H,27,34)(H2,28,29,30,33). The van der Waals surface area contributed by atoms with Crippen molar-refractivity contribution >= 4 is 27.8 Å². The Morgan fingerprint density at radius 1 is 1.23 bits per heavy atom. The Labute approximate surface area is 208 Å². The fourth-order valence-electron chi connectivity index (χ4n) is 4.98. The fourth-order valence-corrected chi connectivity index (χ4v) is 7.10. The van der Waals surface area contributed by atoms with E-state index in [4.69, 9.17) is 0 Å². The number of carbonyl (C=O) groups excluding carboxylic acids is 2. The third-order valence-corrected chi connectivity index (χ3v) is 10.4. The van der Waals surface area contributed by atoms with E-state index in [1.165, 1.54) is 0 Å².